The predicted molar refractivity (Wildman–Crippen MR) is 65.0 cm³/mol. The van der Waals surface area contributed by atoms with Gasteiger partial charge in [0.15, 0.2) is 0 Å². The van der Waals surface area contributed by atoms with Crippen molar-refractivity contribution in [1.29, 1.82) is 0 Å². The Hall–Kier alpha value is -1.91. The van der Waals surface area contributed by atoms with Gasteiger partial charge in [0.05, 0.1) is 0 Å². The Labute approximate surface area is 105 Å². The van der Waals surface area contributed by atoms with Gasteiger partial charge in [-0.15, -0.1) is 0 Å². The zero-order chi connectivity index (χ0) is 13.7. The normalized spacial score (nSPS) is 10.2. The van der Waals surface area contributed by atoms with Gasteiger partial charge in [0, 0.05) is 25.6 Å². The molecular weight excluding hydrogens is 237 g/mol. The molecule has 0 spiro atoms. The number of carbonyl (C=O) groups is 2. The van der Waals surface area contributed by atoms with Crippen LogP contribution < -0.4 is 0 Å². The van der Waals surface area contributed by atoms with E-state index in [0.717, 1.165) is 0 Å². The number of halogens is 1. The molecule has 0 aliphatic heterocycles. The first-order valence-corrected chi connectivity index (χ1v) is 5.65. The number of carboxylic acid groups (broad SMARTS) is 1. The van der Waals surface area contributed by atoms with Crippen LogP contribution in [0.3, 0.4) is 0 Å². The van der Waals surface area contributed by atoms with E-state index in [0.29, 0.717) is 24.1 Å². The van der Waals surface area contributed by atoms with Crippen molar-refractivity contribution in [2.24, 2.45) is 0 Å². The van der Waals surface area contributed by atoms with Crippen molar-refractivity contribution < 1.29 is 19.1 Å². The van der Waals surface area contributed by atoms with E-state index < -0.39 is 11.8 Å². The van der Waals surface area contributed by atoms with Crippen molar-refractivity contribution >= 4 is 11.9 Å². The summed E-state index contributed by atoms with van der Waals surface area (Å²) in [6.45, 7) is 2.07. The minimum absolute atomic E-state index is 0.0136. The van der Waals surface area contributed by atoms with Gasteiger partial charge in [-0.25, -0.2) is 4.39 Å². The van der Waals surface area contributed by atoms with Crippen molar-refractivity contribution in [1.82, 2.24) is 4.90 Å². The van der Waals surface area contributed by atoms with Gasteiger partial charge in [0.25, 0.3) is 5.91 Å². The maximum Gasteiger partial charge on any atom is 0.303 e. The minimum Gasteiger partial charge on any atom is -0.481 e. The Kier molecular flexibility index (Phi) is 4.83. The van der Waals surface area contributed by atoms with Crippen LogP contribution >= 0.6 is 0 Å². The molecule has 0 unspecified atom stereocenters. The maximum atomic E-state index is 13.1. The highest BCUT2D eigenvalue weighted by Gasteiger charge is 2.14. The second-order valence-electron chi connectivity index (χ2n) is 4.18. The summed E-state index contributed by atoms with van der Waals surface area (Å²) in [5.41, 5.74) is 1.01. The van der Waals surface area contributed by atoms with E-state index >= 15 is 0 Å². The van der Waals surface area contributed by atoms with E-state index in [1.54, 1.807) is 20.0 Å². The van der Waals surface area contributed by atoms with Crippen LogP contribution in [-0.2, 0) is 4.79 Å². The Morgan fingerprint density at radius 1 is 1.39 bits per heavy atom. The average Bonchev–Trinajstić information content (AvgIpc) is 2.30. The van der Waals surface area contributed by atoms with E-state index in [1.807, 2.05) is 0 Å². The van der Waals surface area contributed by atoms with Gasteiger partial charge < -0.3 is 10.0 Å². The fourth-order valence-electron chi connectivity index (χ4n) is 1.60. The second-order valence-corrected chi connectivity index (χ2v) is 4.18. The molecule has 0 saturated heterocycles. The summed E-state index contributed by atoms with van der Waals surface area (Å²) >= 11 is 0. The lowest BCUT2D eigenvalue weighted by molar-refractivity contribution is -0.137. The number of carboxylic acids is 1. The zero-order valence-corrected chi connectivity index (χ0v) is 10.4. The molecule has 1 aromatic rings. The molecule has 1 aromatic carbocycles. The largest absolute Gasteiger partial charge is 0.481 e. The first kappa shape index (κ1) is 14.2. The summed E-state index contributed by atoms with van der Waals surface area (Å²) in [5.74, 6) is -1.64. The fourth-order valence-corrected chi connectivity index (χ4v) is 1.60. The molecule has 0 heterocycles. The number of carbonyl (C=O) groups excluding carboxylic acids is 1. The van der Waals surface area contributed by atoms with Crippen LogP contribution in [0.2, 0.25) is 0 Å². The molecule has 98 valence electrons. The Morgan fingerprint density at radius 2 is 2.06 bits per heavy atom. The summed E-state index contributed by atoms with van der Waals surface area (Å²) in [4.78, 5) is 23.8. The molecule has 1 N–H and O–H groups in total. The molecule has 5 heteroatoms. The standard InChI is InChI=1S/C13H16FNO3/c1-9-5-6-10(14)8-11(9)13(18)15(2)7-3-4-12(16)17/h5-6,8H,3-4,7H2,1-2H3,(H,16,17). The lowest BCUT2D eigenvalue weighted by Gasteiger charge is -2.17. The van der Waals surface area contributed by atoms with Crippen LogP contribution in [-0.4, -0.2) is 35.5 Å². The van der Waals surface area contributed by atoms with Gasteiger partial charge in [-0.3, -0.25) is 9.59 Å². The number of aliphatic carboxylic acids is 1. The zero-order valence-electron chi connectivity index (χ0n) is 10.4. The van der Waals surface area contributed by atoms with Crippen LogP contribution in [0.25, 0.3) is 0 Å². The van der Waals surface area contributed by atoms with Crippen molar-refractivity contribution in [2.45, 2.75) is 19.8 Å². The molecule has 0 aliphatic carbocycles. The lowest BCUT2D eigenvalue weighted by atomic mass is 10.1. The molecule has 0 bridgehead atoms. The van der Waals surface area contributed by atoms with Gasteiger partial charge in [0.2, 0.25) is 0 Å². The van der Waals surface area contributed by atoms with Crippen molar-refractivity contribution in [2.75, 3.05) is 13.6 Å². The summed E-state index contributed by atoms with van der Waals surface area (Å²) in [6.07, 6.45) is 0.395. The molecule has 4 nitrogen and oxygen atoms in total. The monoisotopic (exact) mass is 253 g/mol. The number of rotatable bonds is 5. The topological polar surface area (TPSA) is 57.6 Å². The summed E-state index contributed by atoms with van der Waals surface area (Å²) in [6, 6.07) is 4.05. The smallest absolute Gasteiger partial charge is 0.303 e. The Balaban J connectivity index is 2.68. The third-order valence-corrected chi connectivity index (χ3v) is 2.66. The first-order chi connectivity index (χ1) is 8.41. The third kappa shape index (κ3) is 3.84. The molecule has 0 fully saturated rings. The maximum absolute atomic E-state index is 13.1. The Morgan fingerprint density at radius 3 is 2.67 bits per heavy atom. The molecule has 0 atom stereocenters. The van der Waals surface area contributed by atoms with Crippen molar-refractivity contribution in [3.05, 3.63) is 35.1 Å². The van der Waals surface area contributed by atoms with Gasteiger partial charge in [-0.05, 0) is 31.0 Å². The molecule has 0 radical (unpaired) electrons. The first-order valence-electron chi connectivity index (χ1n) is 5.65. The molecule has 0 aromatic heterocycles. The number of hydrogen-bond acceptors (Lipinski definition) is 2. The van der Waals surface area contributed by atoms with E-state index in [2.05, 4.69) is 0 Å². The van der Waals surface area contributed by atoms with Crippen molar-refractivity contribution in [3.8, 4) is 0 Å². The second kappa shape index (κ2) is 6.14. The van der Waals surface area contributed by atoms with Gasteiger partial charge in [-0.2, -0.15) is 0 Å². The van der Waals surface area contributed by atoms with Gasteiger partial charge in [-0.1, -0.05) is 6.07 Å². The van der Waals surface area contributed by atoms with Crippen LogP contribution in [0.15, 0.2) is 18.2 Å². The fraction of sp³-hybridized carbons (Fsp3) is 0.385. The summed E-state index contributed by atoms with van der Waals surface area (Å²) in [5, 5.41) is 8.51. The molecule has 0 aliphatic rings. The molecule has 1 rings (SSSR count). The van der Waals surface area contributed by atoms with E-state index in [9.17, 15) is 14.0 Å². The number of nitrogens with zero attached hydrogens (tertiary/aromatic N) is 1. The van der Waals surface area contributed by atoms with Crippen LogP contribution in [0.5, 0.6) is 0 Å². The van der Waals surface area contributed by atoms with E-state index in [-0.39, 0.29) is 12.3 Å². The van der Waals surface area contributed by atoms with E-state index in [1.165, 1.54) is 17.0 Å². The van der Waals surface area contributed by atoms with E-state index in [4.69, 9.17) is 5.11 Å². The lowest BCUT2D eigenvalue weighted by Crippen LogP contribution is -2.28. The number of amides is 1. The third-order valence-electron chi connectivity index (χ3n) is 2.66. The van der Waals surface area contributed by atoms with Crippen LogP contribution in [0.1, 0.15) is 28.8 Å². The summed E-state index contributed by atoms with van der Waals surface area (Å²) < 4.78 is 13.1. The van der Waals surface area contributed by atoms with Crippen LogP contribution in [0, 0.1) is 12.7 Å². The number of benzene rings is 1. The molecule has 1 amide bonds. The summed E-state index contributed by atoms with van der Waals surface area (Å²) in [7, 11) is 1.58. The Bertz CT molecular complexity index is 460. The minimum atomic E-state index is -0.891. The predicted octanol–water partition coefficient (Wildman–Crippen LogP) is 2.07. The quantitative estimate of drug-likeness (QED) is 0.874. The highest BCUT2D eigenvalue weighted by Crippen LogP contribution is 2.12. The van der Waals surface area contributed by atoms with Gasteiger partial charge in [0.1, 0.15) is 5.82 Å². The number of aryl methyl sites for hydroxylation is 1. The average molecular weight is 253 g/mol. The highest BCUT2D eigenvalue weighted by molar-refractivity contribution is 5.95. The van der Waals surface area contributed by atoms with Gasteiger partial charge >= 0.3 is 5.97 Å². The number of hydrogen-bond donors (Lipinski definition) is 1. The molecule has 0 saturated carbocycles. The van der Waals surface area contributed by atoms with Crippen LogP contribution in [0.4, 0.5) is 4.39 Å². The molecular formula is C13H16FNO3. The highest BCUT2D eigenvalue weighted by atomic mass is 19.1. The van der Waals surface area contributed by atoms with Crippen molar-refractivity contribution in [3.63, 3.8) is 0 Å². The SMILES string of the molecule is Cc1ccc(F)cc1C(=O)N(C)CCCC(=O)O. The molecule has 18 heavy (non-hydrogen) atoms.